The molecule has 3 rings (SSSR count). The summed E-state index contributed by atoms with van der Waals surface area (Å²) in [6.45, 7) is 4.58. The van der Waals surface area contributed by atoms with Crippen LogP contribution in [0.5, 0.6) is 0 Å². The molecule has 1 N–H and O–H groups in total. The van der Waals surface area contributed by atoms with Crippen molar-refractivity contribution in [2.45, 2.75) is 32.6 Å². The molecule has 0 aliphatic carbocycles. The second kappa shape index (κ2) is 7.19. The molecule has 2 aromatic rings. The van der Waals surface area contributed by atoms with Gasteiger partial charge >= 0.3 is 5.97 Å². The fraction of sp³-hybridized carbons (Fsp3) is 0.368. The third-order valence-electron chi connectivity index (χ3n) is 4.59. The van der Waals surface area contributed by atoms with Gasteiger partial charge in [0.25, 0.3) is 0 Å². The highest BCUT2D eigenvalue weighted by Gasteiger charge is 2.26. The lowest BCUT2D eigenvalue weighted by atomic mass is 9.96. The predicted molar refractivity (Wildman–Crippen MR) is 93.4 cm³/mol. The predicted octanol–water partition coefficient (Wildman–Crippen LogP) is 3.02. The quantitative estimate of drug-likeness (QED) is 0.913. The number of carboxylic acids is 1. The second-order valence-electron chi connectivity index (χ2n) is 6.55. The molecule has 0 bridgehead atoms. The molecule has 2 heterocycles. The number of nitrogens with zero attached hydrogens (tertiary/aromatic N) is 3. The average molecular weight is 357 g/mol. The van der Waals surface area contributed by atoms with E-state index in [2.05, 4.69) is 9.97 Å². The van der Waals surface area contributed by atoms with Crippen LogP contribution in [-0.2, 0) is 4.79 Å². The van der Waals surface area contributed by atoms with E-state index in [9.17, 15) is 19.1 Å². The zero-order valence-corrected chi connectivity index (χ0v) is 14.7. The van der Waals surface area contributed by atoms with E-state index in [1.807, 2.05) is 0 Å². The number of aromatic carboxylic acids is 1. The fourth-order valence-corrected chi connectivity index (χ4v) is 3.30. The number of rotatable bonds is 3. The van der Waals surface area contributed by atoms with Crippen LogP contribution in [0.4, 0.5) is 4.39 Å². The van der Waals surface area contributed by atoms with Crippen LogP contribution in [0.3, 0.4) is 0 Å². The lowest BCUT2D eigenvalue weighted by Crippen LogP contribution is -2.38. The molecule has 1 aliphatic rings. The molecule has 1 atom stereocenters. The number of aryl methyl sites for hydroxylation is 1. The highest BCUT2D eigenvalue weighted by atomic mass is 19.1. The summed E-state index contributed by atoms with van der Waals surface area (Å²) in [7, 11) is 0. The largest absolute Gasteiger partial charge is 0.478 e. The molecule has 6 nitrogen and oxygen atoms in total. The molecule has 7 heteroatoms. The Hall–Kier alpha value is -2.83. The zero-order valence-electron chi connectivity index (χ0n) is 14.7. The van der Waals surface area contributed by atoms with Gasteiger partial charge in [-0.25, -0.2) is 19.2 Å². The number of amides is 1. The standard InChI is InChI=1S/C19H20FN3O3/c1-11-8-17(16-9-14(20)5-6-15(16)19(25)26)22-18(21-11)13-4-3-7-23(10-13)12(2)24/h5-6,8-9,13H,3-4,7,10H2,1-2H3,(H,25,26). The van der Waals surface area contributed by atoms with Crippen molar-refractivity contribution in [1.82, 2.24) is 14.9 Å². The van der Waals surface area contributed by atoms with E-state index in [-0.39, 0.29) is 23.0 Å². The van der Waals surface area contributed by atoms with Crippen LogP contribution in [-0.4, -0.2) is 44.9 Å². The van der Waals surface area contributed by atoms with E-state index in [0.717, 1.165) is 25.5 Å². The number of carbonyl (C=O) groups is 2. The van der Waals surface area contributed by atoms with E-state index < -0.39 is 11.8 Å². The lowest BCUT2D eigenvalue weighted by molar-refractivity contribution is -0.130. The van der Waals surface area contributed by atoms with E-state index in [1.54, 1.807) is 17.9 Å². The third-order valence-corrected chi connectivity index (χ3v) is 4.59. The summed E-state index contributed by atoms with van der Waals surface area (Å²) in [4.78, 5) is 33.9. The summed E-state index contributed by atoms with van der Waals surface area (Å²) in [6.07, 6.45) is 1.71. The molecule has 0 saturated carbocycles. The average Bonchev–Trinajstić information content (AvgIpc) is 2.61. The Balaban J connectivity index is 2.03. The van der Waals surface area contributed by atoms with Crippen LogP contribution in [0.1, 0.15) is 47.6 Å². The van der Waals surface area contributed by atoms with E-state index in [1.165, 1.54) is 19.1 Å². The first-order valence-corrected chi connectivity index (χ1v) is 8.49. The van der Waals surface area contributed by atoms with Gasteiger partial charge in [-0.2, -0.15) is 0 Å². The first-order chi connectivity index (χ1) is 12.3. The fourth-order valence-electron chi connectivity index (χ4n) is 3.30. The number of hydrogen-bond donors (Lipinski definition) is 1. The normalized spacial score (nSPS) is 17.2. The molecular formula is C19H20FN3O3. The van der Waals surface area contributed by atoms with Crippen LogP contribution in [0.15, 0.2) is 24.3 Å². The van der Waals surface area contributed by atoms with Gasteiger partial charge in [-0.05, 0) is 44.0 Å². The van der Waals surface area contributed by atoms with Gasteiger partial charge < -0.3 is 10.0 Å². The monoisotopic (exact) mass is 357 g/mol. The van der Waals surface area contributed by atoms with Crippen molar-refractivity contribution in [3.63, 3.8) is 0 Å². The van der Waals surface area contributed by atoms with Crippen LogP contribution in [0.25, 0.3) is 11.3 Å². The zero-order chi connectivity index (χ0) is 18.8. The number of aromatic nitrogens is 2. The van der Waals surface area contributed by atoms with Gasteiger partial charge in [-0.3, -0.25) is 4.79 Å². The van der Waals surface area contributed by atoms with Crippen molar-refractivity contribution in [3.8, 4) is 11.3 Å². The number of carboxylic acid groups (broad SMARTS) is 1. The molecule has 1 unspecified atom stereocenters. The SMILES string of the molecule is CC(=O)N1CCCC(c2nc(C)cc(-c3cc(F)ccc3C(=O)O)n2)C1. The van der Waals surface area contributed by atoms with Crippen molar-refractivity contribution in [3.05, 3.63) is 47.2 Å². The maximum absolute atomic E-state index is 13.7. The molecule has 1 fully saturated rings. The topological polar surface area (TPSA) is 83.4 Å². The maximum atomic E-state index is 13.7. The third kappa shape index (κ3) is 3.71. The number of piperidine rings is 1. The molecule has 136 valence electrons. The molecule has 26 heavy (non-hydrogen) atoms. The van der Waals surface area contributed by atoms with Gasteiger partial charge in [0.2, 0.25) is 5.91 Å². The molecule has 0 radical (unpaired) electrons. The molecule has 1 aliphatic heterocycles. The number of benzene rings is 1. The van der Waals surface area contributed by atoms with Crippen molar-refractivity contribution in [2.24, 2.45) is 0 Å². The van der Waals surface area contributed by atoms with Crippen molar-refractivity contribution in [1.29, 1.82) is 0 Å². The molecule has 1 aromatic heterocycles. The Kier molecular flexibility index (Phi) is 4.97. The van der Waals surface area contributed by atoms with E-state index in [4.69, 9.17) is 0 Å². The minimum absolute atomic E-state index is 0.00976. The first-order valence-electron chi connectivity index (χ1n) is 8.49. The van der Waals surface area contributed by atoms with Gasteiger partial charge in [0.15, 0.2) is 0 Å². The highest BCUT2D eigenvalue weighted by Crippen LogP contribution is 2.29. The summed E-state index contributed by atoms with van der Waals surface area (Å²) >= 11 is 0. The van der Waals surface area contributed by atoms with Gasteiger partial charge in [-0.1, -0.05) is 0 Å². The minimum Gasteiger partial charge on any atom is -0.478 e. The second-order valence-corrected chi connectivity index (χ2v) is 6.55. The van der Waals surface area contributed by atoms with Gasteiger partial charge in [0.1, 0.15) is 11.6 Å². The van der Waals surface area contributed by atoms with Crippen molar-refractivity contribution >= 4 is 11.9 Å². The summed E-state index contributed by atoms with van der Waals surface area (Å²) < 4.78 is 13.7. The summed E-state index contributed by atoms with van der Waals surface area (Å²) in [5.74, 6) is -1.11. The van der Waals surface area contributed by atoms with Crippen LogP contribution in [0, 0.1) is 12.7 Å². The molecule has 1 amide bonds. The Morgan fingerprint density at radius 1 is 1.27 bits per heavy atom. The summed E-state index contributed by atoms with van der Waals surface area (Å²) in [6, 6.07) is 5.18. The van der Waals surface area contributed by atoms with Crippen LogP contribution < -0.4 is 0 Å². The Labute approximate surface area is 150 Å². The van der Waals surface area contributed by atoms with E-state index in [0.29, 0.717) is 23.8 Å². The van der Waals surface area contributed by atoms with Crippen molar-refractivity contribution in [2.75, 3.05) is 13.1 Å². The van der Waals surface area contributed by atoms with E-state index >= 15 is 0 Å². The Morgan fingerprint density at radius 3 is 2.73 bits per heavy atom. The Bertz CT molecular complexity index is 869. The number of likely N-dealkylation sites (tertiary alicyclic amines) is 1. The molecular weight excluding hydrogens is 337 g/mol. The maximum Gasteiger partial charge on any atom is 0.336 e. The Morgan fingerprint density at radius 2 is 2.04 bits per heavy atom. The smallest absolute Gasteiger partial charge is 0.336 e. The number of hydrogen-bond acceptors (Lipinski definition) is 4. The van der Waals surface area contributed by atoms with Gasteiger partial charge in [0.05, 0.1) is 11.3 Å². The summed E-state index contributed by atoms with van der Waals surface area (Å²) in [5.41, 5.74) is 1.27. The molecule has 1 saturated heterocycles. The van der Waals surface area contributed by atoms with Crippen molar-refractivity contribution < 1.29 is 19.1 Å². The summed E-state index contributed by atoms with van der Waals surface area (Å²) in [5, 5.41) is 9.39. The van der Waals surface area contributed by atoms with Crippen LogP contribution in [0.2, 0.25) is 0 Å². The number of carbonyl (C=O) groups excluding carboxylic acids is 1. The van der Waals surface area contributed by atoms with Gasteiger partial charge in [-0.15, -0.1) is 0 Å². The lowest BCUT2D eigenvalue weighted by Gasteiger charge is -2.31. The van der Waals surface area contributed by atoms with Gasteiger partial charge in [0, 0.05) is 37.2 Å². The number of halogens is 1. The minimum atomic E-state index is -1.14. The first kappa shape index (κ1) is 18.0. The van der Waals surface area contributed by atoms with Crippen LogP contribution >= 0.6 is 0 Å². The highest BCUT2D eigenvalue weighted by molar-refractivity contribution is 5.95. The molecule has 0 spiro atoms. The molecule has 1 aromatic carbocycles.